The Bertz CT molecular complexity index is 222. The van der Waals surface area contributed by atoms with Gasteiger partial charge in [0, 0.05) is 15.4 Å². The van der Waals surface area contributed by atoms with Gasteiger partial charge in [0.25, 0.3) is 0 Å². The van der Waals surface area contributed by atoms with Gasteiger partial charge in [0.1, 0.15) is 0 Å². The Morgan fingerprint density at radius 3 is 2.91 bits per heavy atom. The van der Waals surface area contributed by atoms with E-state index in [2.05, 4.69) is 39.6 Å². The fraction of sp³-hybridized carbons (Fsp3) is 0.500. The second-order valence-electron chi connectivity index (χ2n) is 2.59. The minimum absolute atomic E-state index is 0.560. The van der Waals surface area contributed by atoms with Crippen molar-refractivity contribution in [1.29, 1.82) is 0 Å². The predicted molar refractivity (Wildman–Crippen MR) is 54.2 cm³/mol. The maximum absolute atomic E-state index is 3.51. The van der Waals surface area contributed by atoms with Crippen molar-refractivity contribution in [3.05, 3.63) is 20.8 Å². The van der Waals surface area contributed by atoms with Crippen LogP contribution < -0.4 is 5.32 Å². The first-order valence-corrected chi connectivity index (χ1v) is 5.30. The van der Waals surface area contributed by atoms with Crippen LogP contribution in [0.3, 0.4) is 0 Å². The third-order valence-corrected chi connectivity index (χ3v) is 3.62. The fourth-order valence-electron chi connectivity index (χ4n) is 0.851. The number of likely N-dealkylation sites (N-methyl/N-ethyl adjacent to an activating group) is 1. The van der Waals surface area contributed by atoms with E-state index in [0.29, 0.717) is 6.04 Å². The van der Waals surface area contributed by atoms with Crippen LogP contribution in [0.4, 0.5) is 0 Å². The predicted octanol–water partition coefficient (Wildman–Crippen LogP) is 2.66. The van der Waals surface area contributed by atoms with E-state index in [0.717, 1.165) is 6.42 Å². The van der Waals surface area contributed by atoms with E-state index in [1.54, 1.807) is 11.3 Å². The van der Waals surface area contributed by atoms with Gasteiger partial charge in [-0.1, -0.05) is 0 Å². The first-order valence-electron chi connectivity index (χ1n) is 3.63. The van der Waals surface area contributed by atoms with Gasteiger partial charge >= 0.3 is 0 Å². The molecule has 0 aliphatic rings. The lowest BCUT2D eigenvalue weighted by Crippen LogP contribution is -2.23. The summed E-state index contributed by atoms with van der Waals surface area (Å²) in [6, 6.07) is 2.66. The molecule has 0 bridgehead atoms. The second-order valence-corrected chi connectivity index (χ2v) is 4.44. The second kappa shape index (κ2) is 4.24. The minimum atomic E-state index is 0.560. The maximum atomic E-state index is 3.51. The topological polar surface area (TPSA) is 12.0 Å². The van der Waals surface area contributed by atoms with Gasteiger partial charge in [-0.15, -0.1) is 11.3 Å². The molecule has 0 saturated carbocycles. The smallest absolute Gasteiger partial charge is 0.0314 e. The van der Waals surface area contributed by atoms with Crippen LogP contribution in [0.15, 0.2) is 15.9 Å². The molecule has 0 amide bonds. The van der Waals surface area contributed by atoms with Crippen LogP contribution >= 0.6 is 27.3 Å². The van der Waals surface area contributed by atoms with Gasteiger partial charge in [-0.3, -0.25) is 0 Å². The summed E-state index contributed by atoms with van der Waals surface area (Å²) >= 11 is 5.31. The van der Waals surface area contributed by atoms with Crippen molar-refractivity contribution in [3.8, 4) is 0 Å². The van der Waals surface area contributed by atoms with Crippen molar-refractivity contribution in [2.45, 2.75) is 19.4 Å². The molecule has 11 heavy (non-hydrogen) atoms. The fourth-order valence-corrected chi connectivity index (χ4v) is 2.50. The Hall–Kier alpha value is 0.140. The number of rotatable bonds is 3. The molecular formula is C8H12BrNS. The molecule has 0 aliphatic heterocycles. The van der Waals surface area contributed by atoms with Crippen molar-refractivity contribution in [1.82, 2.24) is 5.32 Å². The Labute approximate surface area is 79.9 Å². The van der Waals surface area contributed by atoms with Gasteiger partial charge in [0.2, 0.25) is 0 Å². The molecule has 0 fully saturated rings. The molecule has 0 aliphatic carbocycles. The Balaban J connectivity index is 2.56. The summed E-state index contributed by atoms with van der Waals surface area (Å²) in [5.41, 5.74) is 0. The van der Waals surface area contributed by atoms with Crippen LogP contribution in [0.1, 0.15) is 11.8 Å². The summed E-state index contributed by atoms with van der Waals surface area (Å²) in [6.07, 6.45) is 1.11. The SMILES string of the molecule is CNC(C)Cc1sccc1Br. The van der Waals surface area contributed by atoms with Gasteiger partial charge in [0.15, 0.2) is 0 Å². The van der Waals surface area contributed by atoms with E-state index in [1.165, 1.54) is 9.35 Å². The highest BCUT2D eigenvalue weighted by atomic mass is 79.9. The normalized spacial score (nSPS) is 13.4. The van der Waals surface area contributed by atoms with Crippen LogP contribution in [0.2, 0.25) is 0 Å². The lowest BCUT2D eigenvalue weighted by atomic mass is 10.2. The standard InChI is InChI=1S/C8H12BrNS/c1-6(10-2)5-8-7(9)3-4-11-8/h3-4,6,10H,5H2,1-2H3. The summed E-state index contributed by atoms with van der Waals surface area (Å²) < 4.78 is 1.24. The zero-order chi connectivity index (χ0) is 8.27. The highest BCUT2D eigenvalue weighted by Gasteiger charge is 2.04. The number of nitrogens with one attached hydrogen (secondary N) is 1. The molecule has 0 spiro atoms. The van der Waals surface area contributed by atoms with Crippen molar-refractivity contribution in [2.75, 3.05) is 7.05 Å². The number of hydrogen-bond acceptors (Lipinski definition) is 2. The molecule has 1 aromatic heterocycles. The Morgan fingerprint density at radius 2 is 2.45 bits per heavy atom. The molecule has 1 atom stereocenters. The molecule has 3 heteroatoms. The average Bonchev–Trinajstić information content (AvgIpc) is 2.37. The van der Waals surface area contributed by atoms with Crippen LogP contribution in [-0.2, 0) is 6.42 Å². The van der Waals surface area contributed by atoms with E-state index in [-0.39, 0.29) is 0 Å². The van der Waals surface area contributed by atoms with E-state index in [1.807, 2.05) is 7.05 Å². The van der Waals surface area contributed by atoms with Crippen molar-refractivity contribution in [2.24, 2.45) is 0 Å². The molecule has 0 aromatic carbocycles. The van der Waals surface area contributed by atoms with Crippen molar-refractivity contribution >= 4 is 27.3 Å². The minimum Gasteiger partial charge on any atom is -0.317 e. The largest absolute Gasteiger partial charge is 0.317 e. The van der Waals surface area contributed by atoms with E-state index < -0.39 is 0 Å². The van der Waals surface area contributed by atoms with Gasteiger partial charge in [-0.05, 0) is 47.8 Å². The summed E-state index contributed by atoms with van der Waals surface area (Å²) in [5, 5.41) is 5.33. The summed E-state index contributed by atoms with van der Waals surface area (Å²) in [4.78, 5) is 1.42. The third-order valence-electron chi connectivity index (χ3n) is 1.68. The van der Waals surface area contributed by atoms with E-state index in [9.17, 15) is 0 Å². The molecule has 1 unspecified atom stereocenters. The molecule has 62 valence electrons. The quantitative estimate of drug-likeness (QED) is 0.847. The van der Waals surface area contributed by atoms with Crippen molar-refractivity contribution in [3.63, 3.8) is 0 Å². The molecule has 0 radical (unpaired) electrons. The number of hydrogen-bond donors (Lipinski definition) is 1. The molecule has 1 nitrogen and oxygen atoms in total. The number of halogens is 1. The number of thiophene rings is 1. The zero-order valence-corrected chi connectivity index (χ0v) is 9.13. The van der Waals surface area contributed by atoms with Gasteiger partial charge in [-0.25, -0.2) is 0 Å². The van der Waals surface area contributed by atoms with E-state index in [4.69, 9.17) is 0 Å². The molecule has 1 rings (SSSR count). The summed E-state index contributed by atoms with van der Waals surface area (Å²) in [5.74, 6) is 0. The Morgan fingerprint density at radius 1 is 1.73 bits per heavy atom. The molecule has 0 saturated heterocycles. The van der Waals surface area contributed by atoms with Crippen molar-refractivity contribution < 1.29 is 0 Å². The van der Waals surface area contributed by atoms with Gasteiger partial charge < -0.3 is 5.32 Å². The van der Waals surface area contributed by atoms with Crippen LogP contribution in [0.5, 0.6) is 0 Å². The summed E-state index contributed by atoms with van der Waals surface area (Å²) in [6.45, 7) is 2.19. The first kappa shape index (κ1) is 9.23. The maximum Gasteiger partial charge on any atom is 0.0314 e. The highest BCUT2D eigenvalue weighted by molar-refractivity contribution is 9.10. The molecular weight excluding hydrogens is 222 g/mol. The monoisotopic (exact) mass is 233 g/mol. The first-order chi connectivity index (χ1) is 5.24. The van der Waals surface area contributed by atoms with Crippen LogP contribution in [-0.4, -0.2) is 13.1 Å². The van der Waals surface area contributed by atoms with Gasteiger partial charge in [-0.2, -0.15) is 0 Å². The third kappa shape index (κ3) is 2.58. The average molecular weight is 234 g/mol. The van der Waals surface area contributed by atoms with E-state index >= 15 is 0 Å². The van der Waals surface area contributed by atoms with Gasteiger partial charge in [0.05, 0.1) is 0 Å². The summed E-state index contributed by atoms with van der Waals surface area (Å²) in [7, 11) is 1.99. The Kier molecular flexibility index (Phi) is 3.55. The van der Waals surface area contributed by atoms with Crippen LogP contribution in [0, 0.1) is 0 Å². The molecule has 1 N–H and O–H groups in total. The molecule has 1 aromatic rings. The highest BCUT2D eigenvalue weighted by Crippen LogP contribution is 2.23. The lowest BCUT2D eigenvalue weighted by Gasteiger charge is -2.07. The lowest BCUT2D eigenvalue weighted by molar-refractivity contribution is 0.612. The molecule has 1 heterocycles. The van der Waals surface area contributed by atoms with Crippen LogP contribution in [0.25, 0.3) is 0 Å². The zero-order valence-electron chi connectivity index (χ0n) is 6.73.